The summed E-state index contributed by atoms with van der Waals surface area (Å²) in [5.41, 5.74) is 0. The third-order valence-electron chi connectivity index (χ3n) is 5.56. The Hall–Kier alpha value is 0.0600. The van der Waals surface area contributed by atoms with Gasteiger partial charge in [-0.1, -0.05) is 97.8 Å². The van der Waals surface area contributed by atoms with Crippen LogP contribution in [0, 0.1) is 0 Å². The maximum absolute atomic E-state index is 12.7. The van der Waals surface area contributed by atoms with Gasteiger partial charge in [-0.05, 0) is 19.3 Å². The summed E-state index contributed by atoms with van der Waals surface area (Å²) in [6.45, 7) is 6.47. The van der Waals surface area contributed by atoms with E-state index < -0.39 is 17.6 Å². The van der Waals surface area contributed by atoms with E-state index in [1.807, 2.05) is 6.92 Å². The van der Waals surface area contributed by atoms with Crippen LogP contribution in [0.15, 0.2) is 0 Å². The zero-order valence-electron chi connectivity index (χ0n) is 20.7. The molecule has 0 aromatic rings. The van der Waals surface area contributed by atoms with Crippen LogP contribution in [0.5, 0.6) is 0 Å². The molecule has 0 rings (SSSR count). The molecule has 2 unspecified atom stereocenters. The van der Waals surface area contributed by atoms with E-state index in [0.29, 0.717) is 19.0 Å². The quantitative estimate of drug-likeness (QED) is 0.124. The highest BCUT2D eigenvalue weighted by molar-refractivity contribution is 7.89. The fraction of sp³-hybridized carbons (Fsp3) is 1.00. The first-order valence-corrected chi connectivity index (χ1v) is 16.0. The lowest BCUT2D eigenvalue weighted by molar-refractivity contribution is 0.210. The molecule has 0 aliphatic heterocycles. The molecule has 0 aliphatic carbocycles. The molecule has 188 valence electrons. The van der Waals surface area contributed by atoms with Gasteiger partial charge in [0, 0.05) is 13.2 Å². The Morgan fingerprint density at radius 2 is 1.29 bits per heavy atom. The summed E-state index contributed by atoms with van der Waals surface area (Å²) in [5.74, 6) is 0.144. The van der Waals surface area contributed by atoms with E-state index in [1.54, 1.807) is 0 Å². The van der Waals surface area contributed by atoms with E-state index >= 15 is 0 Å². The fourth-order valence-corrected chi connectivity index (χ4v) is 6.42. The minimum absolute atomic E-state index is 0.0949. The molecule has 2 atom stereocenters. The first-order chi connectivity index (χ1) is 14.8. The highest BCUT2D eigenvalue weighted by atomic mass is 32.2. The number of unbranched alkanes of at least 4 members (excludes halogenated alkanes) is 11. The number of nitrogens with one attached hydrogen (secondary N) is 1. The lowest BCUT2D eigenvalue weighted by Crippen LogP contribution is -2.39. The van der Waals surface area contributed by atoms with Crippen molar-refractivity contribution in [2.45, 2.75) is 123 Å². The molecule has 0 aromatic heterocycles. The second-order valence-electron chi connectivity index (χ2n) is 8.62. The van der Waals surface area contributed by atoms with Crippen molar-refractivity contribution in [1.29, 1.82) is 0 Å². The molecule has 0 saturated carbocycles. The third kappa shape index (κ3) is 18.2. The number of hydrogen-bond donors (Lipinski definition) is 1. The molecule has 6 nitrogen and oxygen atoms in total. The zero-order valence-corrected chi connectivity index (χ0v) is 22.4. The normalized spacial score (nSPS) is 15.1. The van der Waals surface area contributed by atoms with Gasteiger partial charge in [-0.3, -0.25) is 4.57 Å². The molecule has 0 saturated heterocycles. The third-order valence-corrected chi connectivity index (χ3v) is 9.04. The van der Waals surface area contributed by atoms with Gasteiger partial charge < -0.3 is 9.05 Å². The SMILES string of the molecule is CCCCCCCCCCS(=O)(=O)NC(CCCCCC)COP(=O)(CCCC)OC. The number of sulfonamides is 1. The Bertz CT molecular complexity index is 556. The van der Waals surface area contributed by atoms with Crippen LogP contribution < -0.4 is 4.72 Å². The summed E-state index contributed by atoms with van der Waals surface area (Å²) in [6, 6.07) is -0.360. The van der Waals surface area contributed by atoms with Crippen molar-refractivity contribution < 1.29 is 22.0 Å². The van der Waals surface area contributed by atoms with Crippen molar-refractivity contribution in [1.82, 2.24) is 4.72 Å². The van der Waals surface area contributed by atoms with Crippen LogP contribution in [-0.2, 0) is 23.6 Å². The van der Waals surface area contributed by atoms with Crippen LogP contribution in [0.25, 0.3) is 0 Å². The second-order valence-corrected chi connectivity index (χ2v) is 12.8. The van der Waals surface area contributed by atoms with Gasteiger partial charge in [0.1, 0.15) is 0 Å². The molecule has 0 heterocycles. The van der Waals surface area contributed by atoms with Crippen molar-refractivity contribution in [3.63, 3.8) is 0 Å². The first kappa shape index (κ1) is 31.1. The molecular formula is C23H50NO5PS. The Morgan fingerprint density at radius 3 is 1.84 bits per heavy atom. The first-order valence-electron chi connectivity index (χ1n) is 12.6. The average molecular weight is 484 g/mol. The van der Waals surface area contributed by atoms with Gasteiger partial charge in [0.05, 0.1) is 18.5 Å². The van der Waals surface area contributed by atoms with Gasteiger partial charge in [0.25, 0.3) is 0 Å². The molecular weight excluding hydrogens is 433 g/mol. The van der Waals surface area contributed by atoms with Gasteiger partial charge in [0.2, 0.25) is 10.0 Å². The van der Waals surface area contributed by atoms with Crippen LogP contribution >= 0.6 is 7.60 Å². The van der Waals surface area contributed by atoms with E-state index in [9.17, 15) is 13.0 Å². The van der Waals surface area contributed by atoms with Crippen LogP contribution in [0.2, 0.25) is 0 Å². The summed E-state index contributed by atoms with van der Waals surface area (Å²) in [6.07, 6.45) is 15.9. The molecule has 31 heavy (non-hydrogen) atoms. The van der Waals surface area contributed by atoms with E-state index in [2.05, 4.69) is 18.6 Å². The van der Waals surface area contributed by atoms with Crippen LogP contribution in [-0.4, -0.2) is 40.1 Å². The molecule has 1 N–H and O–H groups in total. The van der Waals surface area contributed by atoms with Crippen LogP contribution in [0.4, 0.5) is 0 Å². The van der Waals surface area contributed by atoms with Crippen LogP contribution in [0.3, 0.4) is 0 Å². The lowest BCUT2D eigenvalue weighted by Gasteiger charge is -2.22. The standard InChI is InChI=1S/C23H50NO5PS/c1-5-8-11-13-14-15-16-18-21-31(26,27)24-23(19-17-12-9-6-2)22-29-30(25,28-4)20-10-7-3/h23-24H,5-22H2,1-4H3. The van der Waals surface area contributed by atoms with Crippen molar-refractivity contribution in [3.8, 4) is 0 Å². The molecule has 0 spiro atoms. The minimum Gasteiger partial charge on any atom is -0.312 e. The van der Waals surface area contributed by atoms with Crippen LogP contribution in [0.1, 0.15) is 117 Å². The van der Waals surface area contributed by atoms with Crippen molar-refractivity contribution >= 4 is 17.6 Å². The van der Waals surface area contributed by atoms with E-state index in [1.165, 1.54) is 39.2 Å². The minimum atomic E-state index is -3.38. The van der Waals surface area contributed by atoms with Gasteiger partial charge in [-0.15, -0.1) is 0 Å². The molecule has 0 bridgehead atoms. The summed E-state index contributed by atoms with van der Waals surface area (Å²) >= 11 is 0. The predicted octanol–water partition coefficient (Wildman–Crippen LogP) is 7.04. The molecule has 0 radical (unpaired) electrons. The van der Waals surface area contributed by atoms with Crippen molar-refractivity contribution in [2.24, 2.45) is 0 Å². The Morgan fingerprint density at radius 1 is 0.774 bits per heavy atom. The van der Waals surface area contributed by atoms with E-state index in [-0.39, 0.29) is 18.4 Å². The van der Waals surface area contributed by atoms with Gasteiger partial charge in [0.15, 0.2) is 0 Å². The molecule has 8 heteroatoms. The topological polar surface area (TPSA) is 81.7 Å². The molecule has 0 fully saturated rings. The van der Waals surface area contributed by atoms with E-state index in [4.69, 9.17) is 9.05 Å². The van der Waals surface area contributed by atoms with Gasteiger partial charge in [-0.2, -0.15) is 0 Å². The van der Waals surface area contributed by atoms with Crippen molar-refractivity contribution in [3.05, 3.63) is 0 Å². The summed E-state index contributed by atoms with van der Waals surface area (Å²) < 4.78 is 51.5. The Kier molecular flexibility index (Phi) is 19.6. The molecule has 0 aromatic carbocycles. The lowest BCUT2D eigenvalue weighted by atomic mass is 10.1. The highest BCUT2D eigenvalue weighted by Crippen LogP contribution is 2.48. The Balaban J connectivity index is 4.55. The summed E-state index contributed by atoms with van der Waals surface area (Å²) in [4.78, 5) is 0. The molecule has 0 aliphatic rings. The van der Waals surface area contributed by atoms with E-state index in [0.717, 1.165) is 51.4 Å². The maximum atomic E-state index is 12.7. The number of hydrogen-bond acceptors (Lipinski definition) is 5. The molecule has 0 amide bonds. The van der Waals surface area contributed by atoms with Gasteiger partial charge >= 0.3 is 7.60 Å². The predicted molar refractivity (Wildman–Crippen MR) is 132 cm³/mol. The van der Waals surface area contributed by atoms with Gasteiger partial charge in [-0.25, -0.2) is 13.1 Å². The zero-order chi connectivity index (χ0) is 23.4. The average Bonchev–Trinajstić information content (AvgIpc) is 2.75. The second kappa shape index (κ2) is 19.5. The maximum Gasteiger partial charge on any atom is 0.330 e. The fourth-order valence-electron chi connectivity index (χ4n) is 3.50. The Labute approximate surface area is 193 Å². The smallest absolute Gasteiger partial charge is 0.312 e. The summed E-state index contributed by atoms with van der Waals surface area (Å²) in [7, 11) is -5.13. The largest absolute Gasteiger partial charge is 0.330 e. The highest BCUT2D eigenvalue weighted by Gasteiger charge is 2.25. The summed E-state index contributed by atoms with van der Waals surface area (Å²) in [5, 5.41) is 0. The number of rotatable bonds is 23. The van der Waals surface area contributed by atoms with Crippen molar-refractivity contribution in [2.75, 3.05) is 25.6 Å². The monoisotopic (exact) mass is 483 g/mol.